The minimum atomic E-state index is -0.451. The molecule has 28 heavy (non-hydrogen) atoms. The number of carbonyl (C=O) groups excluding carboxylic acids is 1. The molecule has 0 amide bonds. The number of hydrogen-bond donors (Lipinski definition) is 0. The second-order valence-corrected chi connectivity index (χ2v) is 7.46. The lowest BCUT2D eigenvalue weighted by Crippen LogP contribution is -2.06. The van der Waals surface area contributed by atoms with Gasteiger partial charge >= 0.3 is 5.97 Å². The van der Waals surface area contributed by atoms with E-state index >= 15 is 0 Å². The zero-order valence-corrected chi connectivity index (χ0v) is 17.2. The van der Waals surface area contributed by atoms with Gasteiger partial charge in [-0.3, -0.25) is 0 Å². The maximum Gasteiger partial charge on any atom is 0.338 e. The summed E-state index contributed by atoms with van der Waals surface area (Å²) in [5, 5.41) is 2.81. The third-order valence-corrected chi connectivity index (χ3v) is 5.25. The van der Waals surface area contributed by atoms with E-state index in [9.17, 15) is 4.79 Å². The first-order valence-corrected chi connectivity index (χ1v) is 9.83. The van der Waals surface area contributed by atoms with Crippen LogP contribution in [-0.2, 0) is 11.3 Å². The van der Waals surface area contributed by atoms with Crippen molar-refractivity contribution in [3.8, 4) is 22.1 Å². The van der Waals surface area contributed by atoms with Crippen molar-refractivity contribution >= 4 is 17.3 Å². The Balaban J connectivity index is 1.66. The second kappa shape index (κ2) is 8.89. The summed E-state index contributed by atoms with van der Waals surface area (Å²) in [5.74, 6) is 1.11. The van der Waals surface area contributed by atoms with Gasteiger partial charge in [-0.05, 0) is 23.6 Å². The molecule has 3 aromatic rings. The standard InChI is InChI=1S/C22H23NO4S/c1-14(2)15-5-7-16(8-6-15)21-23-18(13-28-21)12-27-22(24)17-9-19(25-3)11-20(10-17)26-4/h5-11,13-14H,12H2,1-4H3. The highest BCUT2D eigenvalue weighted by Crippen LogP contribution is 2.27. The van der Waals surface area contributed by atoms with Crippen LogP contribution in [0, 0.1) is 0 Å². The first-order chi connectivity index (χ1) is 13.5. The molecule has 0 N–H and O–H groups in total. The second-order valence-electron chi connectivity index (χ2n) is 6.60. The van der Waals surface area contributed by atoms with E-state index in [1.807, 2.05) is 5.38 Å². The molecule has 0 radical (unpaired) electrons. The first kappa shape index (κ1) is 19.9. The zero-order valence-electron chi connectivity index (χ0n) is 16.4. The minimum Gasteiger partial charge on any atom is -0.497 e. The fourth-order valence-electron chi connectivity index (χ4n) is 2.66. The van der Waals surface area contributed by atoms with Crippen LogP contribution in [0.1, 0.15) is 41.4 Å². The molecule has 0 atom stereocenters. The molecular weight excluding hydrogens is 374 g/mol. The third kappa shape index (κ3) is 4.70. The minimum absolute atomic E-state index is 0.110. The van der Waals surface area contributed by atoms with Gasteiger partial charge in [-0.1, -0.05) is 38.1 Å². The Labute approximate surface area is 168 Å². The predicted molar refractivity (Wildman–Crippen MR) is 110 cm³/mol. The number of hydrogen-bond acceptors (Lipinski definition) is 6. The normalized spacial score (nSPS) is 10.8. The average Bonchev–Trinajstić information content (AvgIpc) is 3.20. The number of nitrogens with zero attached hydrogens (tertiary/aromatic N) is 1. The van der Waals surface area contributed by atoms with Crippen molar-refractivity contribution < 1.29 is 19.0 Å². The smallest absolute Gasteiger partial charge is 0.338 e. The molecule has 1 aromatic heterocycles. The Morgan fingerprint density at radius 3 is 2.25 bits per heavy atom. The number of thiazole rings is 1. The van der Waals surface area contributed by atoms with Gasteiger partial charge in [0.2, 0.25) is 0 Å². The molecule has 6 heteroatoms. The summed E-state index contributed by atoms with van der Waals surface area (Å²) in [7, 11) is 3.07. The average molecular weight is 397 g/mol. The topological polar surface area (TPSA) is 57.7 Å². The van der Waals surface area contributed by atoms with Crippen molar-refractivity contribution in [1.82, 2.24) is 4.98 Å². The Morgan fingerprint density at radius 2 is 1.68 bits per heavy atom. The Kier molecular flexibility index (Phi) is 6.31. The van der Waals surface area contributed by atoms with Crippen molar-refractivity contribution in [2.75, 3.05) is 14.2 Å². The highest BCUT2D eigenvalue weighted by molar-refractivity contribution is 7.13. The molecule has 0 bridgehead atoms. The van der Waals surface area contributed by atoms with Crippen molar-refractivity contribution in [2.45, 2.75) is 26.4 Å². The molecule has 146 valence electrons. The highest BCUT2D eigenvalue weighted by atomic mass is 32.1. The molecule has 0 saturated carbocycles. The fourth-order valence-corrected chi connectivity index (χ4v) is 3.48. The van der Waals surface area contributed by atoms with Gasteiger partial charge in [-0.25, -0.2) is 9.78 Å². The maximum absolute atomic E-state index is 12.4. The number of ether oxygens (including phenoxy) is 3. The SMILES string of the molecule is COc1cc(OC)cc(C(=O)OCc2csc(-c3ccc(C(C)C)cc3)n2)c1. The van der Waals surface area contributed by atoms with Crippen LogP contribution in [0.25, 0.3) is 10.6 Å². The molecule has 0 aliphatic heterocycles. The van der Waals surface area contributed by atoms with Crippen LogP contribution in [0.15, 0.2) is 47.8 Å². The maximum atomic E-state index is 12.4. The van der Waals surface area contributed by atoms with Crippen LogP contribution in [-0.4, -0.2) is 25.2 Å². The van der Waals surface area contributed by atoms with Gasteiger partial charge in [-0.15, -0.1) is 11.3 Å². The van der Waals surface area contributed by atoms with Crippen LogP contribution in [0.5, 0.6) is 11.5 Å². The van der Waals surface area contributed by atoms with Crippen molar-refractivity contribution in [2.24, 2.45) is 0 Å². The van der Waals surface area contributed by atoms with Gasteiger partial charge in [0.15, 0.2) is 0 Å². The van der Waals surface area contributed by atoms with Crippen molar-refractivity contribution in [3.05, 3.63) is 64.7 Å². The molecule has 0 aliphatic rings. The van der Waals surface area contributed by atoms with Gasteiger partial charge in [0.05, 0.1) is 25.5 Å². The quantitative estimate of drug-likeness (QED) is 0.506. The van der Waals surface area contributed by atoms with Crippen LogP contribution in [0.4, 0.5) is 0 Å². The summed E-state index contributed by atoms with van der Waals surface area (Å²) in [6, 6.07) is 13.3. The van der Waals surface area contributed by atoms with E-state index in [1.165, 1.54) is 31.1 Å². The van der Waals surface area contributed by atoms with E-state index in [4.69, 9.17) is 14.2 Å². The fraction of sp³-hybridized carbons (Fsp3) is 0.273. The van der Waals surface area contributed by atoms with Crippen LogP contribution in [0.2, 0.25) is 0 Å². The molecule has 2 aromatic carbocycles. The summed E-state index contributed by atoms with van der Waals surface area (Å²) in [6.45, 7) is 4.45. The number of aromatic nitrogens is 1. The van der Waals surface area contributed by atoms with E-state index < -0.39 is 5.97 Å². The van der Waals surface area contributed by atoms with E-state index in [2.05, 4.69) is 43.1 Å². The largest absolute Gasteiger partial charge is 0.497 e. The van der Waals surface area contributed by atoms with Crippen LogP contribution >= 0.6 is 11.3 Å². The number of benzene rings is 2. The molecule has 0 spiro atoms. The van der Waals surface area contributed by atoms with Gasteiger partial charge in [0.25, 0.3) is 0 Å². The van der Waals surface area contributed by atoms with Crippen LogP contribution < -0.4 is 9.47 Å². The van der Waals surface area contributed by atoms with Crippen LogP contribution in [0.3, 0.4) is 0 Å². The molecular formula is C22H23NO4S. The zero-order chi connectivity index (χ0) is 20.1. The Hall–Kier alpha value is -2.86. The molecule has 0 unspecified atom stereocenters. The highest BCUT2D eigenvalue weighted by Gasteiger charge is 2.13. The summed E-state index contributed by atoms with van der Waals surface area (Å²) >= 11 is 1.53. The van der Waals surface area contributed by atoms with Crippen molar-refractivity contribution in [1.29, 1.82) is 0 Å². The lowest BCUT2D eigenvalue weighted by molar-refractivity contribution is 0.0467. The number of methoxy groups -OCH3 is 2. The summed E-state index contributed by atoms with van der Waals surface area (Å²) in [4.78, 5) is 17.0. The Bertz CT molecular complexity index is 925. The summed E-state index contributed by atoms with van der Waals surface area (Å²) in [5.41, 5.74) is 3.44. The van der Waals surface area contributed by atoms with E-state index in [0.717, 1.165) is 16.3 Å². The van der Waals surface area contributed by atoms with E-state index in [0.29, 0.717) is 23.0 Å². The lowest BCUT2D eigenvalue weighted by atomic mass is 10.0. The van der Waals surface area contributed by atoms with Gasteiger partial charge < -0.3 is 14.2 Å². The number of carbonyl (C=O) groups is 1. The van der Waals surface area contributed by atoms with E-state index in [1.54, 1.807) is 18.2 Å². The Morgan fingerprint density at radius 1 is 1.04 bits per heavy atom. The van der Waals surface area contributed by atoms with Gasteiger partial charge in [0, 0.05) is 17.0 Å². The molecule has 1 heterocycles. The predicted octanol–water partition coefficient (Wildman–Crippen LogP) is 5.31. The van der Waals surface area contributed by atoms with Gasteiger partial charge in [0.1, 0.15) is 23.1 Å². The third-order valence-electron chi connectivity index (χ3n) is 4.31. The first-order valence-electron chi connectivity index (χ1n) is 8.95. The van der Waals surface area contributed by atoms with Crippen molar-refractivity contribution in [3.63, 3.8) is 0 Å². The molecule has 0 saturated heterocycles. The molecule has 3 rings (SSSR count). The number of esters is 1. The summed E-state index contributed by atoms with van der Waals surface area (Å²) in [6.07, 6.45) is 0. The monoisotopic (exact) mass is 397 g/mol. The van der Waals surface area contributed by atoms with E-state index in [-0.39, 0.29) is 6.61 Å². The summed E-state index contributed by atoms with van der Waals surface area (Å²) < 4.78 is 15.8. The lowest BCUT2D eigenvalue weighted by Gasteiger charge is -2.08. The van der Waals surface area contributed by atoms with Gasteiger partial charge in [-0.2, -0.15) is 0 Å². The molecule has 5 nitrogen and oxygen atoms in total. The number of rotatable bonds is 7. The molecule has 0 aliphatic carbocycles. The molecule has 0 fully saturated rings.